The van der Waals surface area contributed by atoms with Gasteiger partial charge in [-0.2, -0.15) is 4.98 Å². The molecule has 4 aromatic heterocycles. The first-order chi connectivity index (χ1) is 21.0. The predicted molar refractivity (Wildman–Crippen MR) is 147 cm³/mol. The Kier molecular flexibility index (Phi) is 7.15. The van der Waals surface area contributed by atoms with Gasteiger partial charge in [0, 0.05) is 14.5 Å². The molecule has 0 aromatic carbocycles. The summed E-state index contributed by atoms with van der Waals surface area (Å²) < 4.78 is 57.6. The van der Waals surface area contributed by atoms with Crippen molar-refractivity contribution < 1.29 is 42.2 Å². The van der Waals surface area contributed by atoms with Gasteiger partial charge < -0.3 is 31.0 Å². The molecule has 22 heteroatoms. The Morgan fingerprint density at radius 3 is 2.57 bits per heavy atom. The van der Waals surface area contributed by atoms with Crippen LogP contribution in [0.4, 0.5) is 11.8 Å². The molecule has 10 atom stereocenters. The summed E-state index contributed by atoms with van der Waals surface area (Å²) in [6, 6.07) is -0.689. The average molecular weight is 652 g/mol. The van der Waals surface area contributed by atoms with Gasteiger partial charge in [0.1, 0.15) is 43.4 Å². The van der Waals surface area contributed by atoms with Crippen molar-refractivity contribution in [3.05, 3.63) is 29.3 Å². The van der Waals surface area contributed by atoms with E-state index in [2.05, 4.69) is 29.9 Å². The lowest BCUT2D eigenvalue weighted by Crippen LogP contribution is -2.38. The number of fused-ring (bicyclic) bond motifs is 5. The van der Waals surface area contributed by atoms with Crippen LogP contribution in [0.15, 0.2) is 23.8 Å². The maximum Gasteiger partial charge on any atom is 0.697 e. The van der Waals surface area contributed by atoms with Crippen LogP contribution in [0.3, 0.4) is 0 Å². The summed E-state index contributed by atoms with van der Waals surface area (Å²) in [5.41, 5.74) is 10.6. The van der Waals surface area contributed by atoms with Gasteiger partial charge in [-0.3, -0.25) is 14.3 Å². The molecule has 0 amide bonds. The number of aromatic amines is 1. The van der Waals surface area contributed by atoms with E-state index >= 15 is 0 Å². The molecule has 0 radical (unpaired) electrons. The molecule has 2 unspecified atom stereocenters. The zero-order valence-corrected chi connectivity index (χ0v) is 24.5. The number of aliphatic hydroxyl groups excluding tert-OH is 2. The first kappa shape index (κ1) is 29.1. The molecule has 1 saturated carbocycles. The summed E-state index contributed by atoms with van der Waals surface area (Å²) in [6.07, 6.45) is -3.42. The third-order valence-corrected chi connectivity index (χ3v) is 9.61. The summed E-state index contributed by atoms with van der Waals surface area (Å²) in [5.74, 6) is -0.0300. The molecule has 2 aliphatic heterocycles. The van der Waals surface area contributed by atoms with Crippen LogP contribution >= 0.6 is 16.5 Å². The van der Waals surface area contributed by atoms with Crippen LogP contribution in [0.1, 0.15) is 25.6 Å². The largest absolute Gasteiger partial charge is 0.697 e. The summed E-state index contributed by atoms with van der Waals surface area (Å²) in [6.45, 7) is 0.971. The lowest BCUT2D eigenvalue weighted by molar-refractivity contribution is -0.0572. The lowest BCUT2D eigenvalue weighted by Gasteiger charge is -2.25. The first-order valence-corrected chi connectivity index (χ1v) is 15.4. The molecule has 7 rings (SSSR count). The smallest absolute Gasteiger partial charge is 0.388 e. The van der Waals surface area contributed by atoms with Gasteiger partial charge in [-0.15, -0.1) is 18.1 Å². The molecule has 20 nitrogen and oxygen atoms in total. The highest BCUT2D eigenvalue weighted by Gasteiger charge is 2.59. The fourth-order valence-electron chi connectivity index (χ4n) is 5.95. The van der Waals surface area contributed by atoms with Crippen molar-refractivity contribution in [1.29, 1.82) is 0 Å². The molecule has 1 aliphatic carbocycles. The minimum Gasteiger partial charge on any atom is -0.388 e. The van der Waals surface area contributed by atoms with Crippen molar-refractivity contribution >= 4 is 50.6 Å². The minimum atomic E-state index is -2.91. The number of imidazole rings is 2. The van der Waals surface area contributed by atoms with E-state index in [-0.39, 0.29) is 36.0 Å². The van der Waals surface area contributed by atoms with E-state index in [1.54, 1.807) is 11.5 Å². The standard InChI is InChI=1S/C22H25N10O10P2/c1-22-2-8(31-6-27-10-16(23)25-5-26-17(10)31)12(33)15(22)42-43(36)38-3-9-13(34)14(41-44(37)39-4-22)20(40-9)32-7-28-11-18(32)29-21(24)30-19(11)35/h5-9,12-15,20,33-34H,2-4H2,1H3,(H4-,23,24,25,26,29,30,35)/q+1/p+1/t8-,9-,12+,13-,14-,15+,20-,22-/m1/s1. The van der Waals surface area contributed by atoms with Crippen LogP contribution in [-0.4, -0.2) is 93.0 Å². The van der Waals surface area contributed by atoms with E-state index in [0.717, 1.165) is 0 Å². The number of ether oxygens (including phenoxy) is 1. The zero-order chi connectivity index (χ0) is 30.9. The Morgan fingerprint density at radius 1 is 1.00 bits per heavy atom. The molecule has 2 bridgehead atoms. The highest BCUT2D eigenvalue weighted by Crippen LogP contribution is 2.52. The van der Waals surface area contributed by atoms with E-state index in [1.807, 2.05) is 0 Å². The number of nitrogen functional groups attached to an aromatic ring is 2. The number of H-pyrrole nitrogens is 1. The molecule has 2 saturated heterocycles. The van der Waals surface area contributed by atoms with Crippen LogP contribution in [0.25, 0.3) is 22.3 Å². The molecule has 4 aromatic rings. The highest BCUT2D eigenvalue weighted by molar-refractivity contribution is 7.33. The summed E-state index contributed by atoms with van der Waals surface area (Å²) >= 11 is 0. The molecule has 232 valence electrons. The number of nitrogens with one attached hydrogen (secondary N) is 1. The topological polar surface area (TPSA) is 280 Å². The quantitative estimate of drug-likeness (QED) is 0.176. The van der Waals surface area contributed by atoms with Crippen molar-refractivity contribution in [3.8, 4) is 0 Å². The number of nitrogens with two attached hydrogens (primary N) is 2. The molecule has 0 spiro atoms. The summed E-state index contributed by atoms with van der Waals surface area (Å²) in [5, 5.41) is 22.5. The second-order valence-corrected chi connectivity index (χ2v) is 12.8. The first-order valence-electron chi connectivity index (χ1n) is 13.2. The van der Waals surface area contributed by atoms with Gasteiger partial charge in [0.15, 0.2) is 41.1 Å². The van der Waals surface area contributed by atoms with Gasteiger partial charge in [0.25, 0.3) is 5.56 Å². The fraction of sp³-hybridized carbons (Fsp3) is 0.545. The average Bonchev–Trinajstić information content (AvgIpc) is 3.73. The van der Waals surface area contributed by atoms with Crippen LogP contribution in [0.2, 0.25) is 0 Å². The van der Waals surface area contributed by atoms with Gasteiger partial charge >= 0.3 is 16.5 Å². The second kappa shape index (κ2) is 10.8. The van der Waals surface area contributed by atoms with E-state index in [9.17, 15) is 24.1 Å². The number of anilines is 2. The maximum atomic E-state index is 13.2. The number of aliphatic hydroxyl groups is 2. The van der Waals surface area contributed by atoms with E-state index < -0.39 is 76.9 Å². The predicted octanol–water partition coefficient (Wildman–Crippen LogP) is -0.174. The second-order valence-electron chi connectivity index (χ2n) is 10.9. The Morgan fingerprint density at radius 2 is 1.75 bits per heavy atom. The van der Waals surface area contributed by atoms with Gasteiger partial charge in [0.2, 0.25) is 5.95 Å². The Balaban J connectivity index is 1.18. The molecular weight excluding hydrogens is 626 g/mol. The van der Waals surface area contributed by atoms with Crippen molar-refractivity contribution in [1.82, 2.24) is 39.0 Å². The Labute approximate surface area is 247 Å². The molecule has 3 aliphatic rings. The van der Waals surface area contributed by atoms with Gasteiger partial charge in [-0.25, -0.2) is 19.9 Å². The fourth-order valence-corrected chi connectivity index (χ4v) is 7.73. The van der Waals surface area contributed by atoms with Crippen LogP contribution < -0.4 is 17.0 Å². The zero-order valence-electron chi connectivity index (χ0n) is 22.7. The Bertz CT molecular complexity index is 1850. The highest BCUT2D eigenvalue weighted by atomic mass is 31.1. The third kappa shape index (κ3) is 4.75. The summed E-state index contributed by atoms with van der Waals surface area (Å²) in [7, 11) is -5.79. The molecule has 44 heavy (non-hydrogen) atoms. The van der Waals surface area contributed by atoms with Crippen molar-refractivity contribution in [2.75, 3.05) is 24.7 Å². The number of aromatic nitrogens is 8. The molecular formula is C22H26N10O10P2+2. The van der Waals surface area contributed by atoms with Gasteiger partial charge in [-0.1, -0.05) is 6.92 Å². The Hall–Kier alpha value is -3.58. The van der Waals surface area contributed by atoms with Gasteiger partial charge in [0.05, 0.1) is 18.7 Å². The van der Waals surface area contributed by atoms with Crippen LogP contribution in [0.5, 0.6) is 0 Å². The van der Waals surface area contributed by atoms with Gasteiger partial charge in [-0.05, 0) is 6.42 Å². The molecule has 3 fully saturated rings. The van der Waals surface area contributed by atoms with Crippen molar-refractivity contribution in [2.45, 2.75) is 56.1 Å². The number of nitrogens with zero attached hydrogens (tertiary/aromatic N) is 7. The minimum absolute atomic E-state index is 0.0191. The monoisotopic (exact) mass is 652 g/mol. The molecule has 6 heterocycles. The van der Waals surface area contributed by atoms with E-state index in [1.165, 1.54) is 23.5 Å². The van der Waals surface area contributed by atoms with Crippen molar-refractivity contribution in [2.24, 2.45) is 5.41 Å². The van der Waals surface area contributed by atoms with Crippen molar-refractivity contribution in [3.63, 3.8) is 0 Å². The molecule has 7 N–H and O–H groups in total. The van der Waals surface area contributed by atoms with Crippen LogP contribution in [-0.2, 0) is 32.0 Å². The SMILES string of the molecule is C[C@@]12CO[P+](=O)O[C@@H]3[C@H](O)[C@@H](CO[P+](=O)O[C@H]1[C@@H](O)[C@H](n1cnc4c(N)ncnc41)C2)O[C@H]3n1cnc2c(=O)[nH]c(N)nc21. The third-order valence-electron chi connectivity index (χ3n) is 8.10. The normalized spacial score (nSPS) is 34.9. The number of hydrogen-bond acceptors (Lipinski definition) is 17. The lowest BCUT2D eigenvalue weighted by atomic mass is 9.87. The maximum absolute atomic E-state index is 13.2. The summed E-state index contributed by atoms with van der Waals surface area (Å²) in [4.78, 5) is 35.2. The number of rotatable bonds is 2. The number of hydrogen-bond donors (Lipinski definition) is 5. The van der Waals surface area contributed by atoms with E-state index in [4.69, 9.17) is 34.3 Å². The van der Waals surface area contributed by atoms with E-state index in [0.29, 0.717) is 11.2 Å². The van der Waals surface area contributed by atoms with Crippen LogP contribution in [0, 0.1) is 5.41 Å².